The number of aromatic nitrogens is 5. The van der Waals surface area contributed by atoms with E-state index in [-0.39, 0.29) is 17.2 Å². The van der Waals surface area contributed by atoms with E-state index in [0.717, 1.165) is 41.1 Å². The molecule has 1 saturated heterocycles. The summed E-state index contributed by atoms with van der Waals surface area (Å²) in [5, 5.41) is 0.523. The van der Waals surface area contributed by atoms with E-state index in [0.29, 0.717) is 41.0 Å². The first kappa shape index (κ1) is 19.5. The Morgan fingerprint density at radius 3 is 2.83 bits per heavy atom. The van der Waals surface area contributed by atoms with Crippen LogP contribution in [0.15, 0.2) is 52.8 Å². The highest BCUT2D eigenvalue weighted by Gasteiger charge is 2.46. The maximum Gasteiger partial charge on any atom is 0.211 e. The highest BCUT2D eigenvalue weighted by atomic mass is 35.5. The van der Waals surface area contributed by atoms with Crippen molar-refractivity contribution in [3.05, 3.63) is 70.7 Å². The number of rotatable bonds is 4. The molecule has 1 spiro atoms. The summed E-state index contributed by atoms with van der Waals surface area (Å²) in [6.45, 7) is 0.974. The highest BCUT2D eigenvalue weighted by molar-refractivity contribution is 7.99. The van der Waals surface area contributed by atoms with Crippen LogP contribution in [-0.2, 0) is 12.8 Å². The van der Waals surface area contributed by atoms with Crippen molar-refractivity contribution in [3.63, 3.8) is 0 Å². The fraction of sp³-hybridized carbons (Fsp3) is 0.385. The van der Waals surface area contributed by atoms with Crippen LogP contribution in [-0.4, -0.2) is 37.4 Å². The molecule has 4 aromatic rings. The van der Waals surface area contributed by atoms with Crippen molar-refractivity contribution in [1.82, 2.24) is 24.3 Å². The van der Waals surface area contributed by atoms with Crippen LogP contribution in [0.3, 0.4) is 0 Å². The molecule has 0 unspecified atom stereocenters. The van der Waals surface area contributed by atoms with Gasteiger partial charge in [0.05, 0.1) is 21.3 Å². The molecule has 2 N–H and O–H groups in total. The third-order valence-electron chi connectivity index (χ3n) is 7.44. The third kappa shape index (κ3) is 3.70. The minimum Gasteiger partial charge on any atom is -0.342 e. The second-order valence-electron chi connectivity index (χ2n) is 9.28. The van der Waals surface area contributed by atoms with Crippen LogP contribution in [0.5, 0.6) is 0 Å². The van der Waals surface area contributed by atoms with Crippen LogP contribution in [0.1, 0.15) is 52.6 Å². The first-order valence-corrected chi connectivity index (χ1v) is 13.0. The lowest BCUT2D eigenvalue weighted by molar-refractivity contribution is 0.186. The summed E-state index contributed by atoms with van der Waals surface area (Å²) in [6, 6.07) is 5.78. The molecular formula is C26H28ClN7S. The summed E-state index contributed by atoms with van der Waals surface area (Å²) in [5.74, 6) is 0.583. The first-order chi connectivity index (χ1) is 18.2. The number of nitrogens with two attached hydrogens (primary N) is 1. The van der Waals surface area contributed by atoms with E-state index in [4.69, 9.17) is 26.4 Å². The van der Waals surface area contributed by atoms with Crippen molar-refractivity contribution >= 4 is 35.0 Å². The van der Waals surface area contributed by atoms with Gasteiger partial charge in [-0.2, -0.15) is 0 Å². The molecule has 180 valence electrons. The van der Waals surface area contributed by atoms with Crippen molar-refractivity contribution in [1.29, 1.82) is 0 Å². The number of anilines is 1. The van der Waals surface area contributed by atoms with Gasteiger partial charge >= 0.3 is 0 Å². The molecule has 7 nitrogen and oxygen atoms in total. The standard InChI is InChI=1S/C26H28ClN7S/c1-3-18-21(27)20(6-10-30-18)35-22-16(2)32-25(34-14-11-31-24(22)34)33-12-7-26(8-13-33)15-19-17(23(26)28)5-4-9-29-19/h4-6,9-11,14,23H,3,7-8,12-13,15,28H2,1-2H3/t23-/m1/s1/i2D3. The molecular weight excluding hydrogens is 478 g/mol. The molecule has 0 radical (unpaired) electrons. The Morgan fingerprint density at radius 1 is 1.20 bits per heavy atom. The van der Waals surface area contributed by atoms with Gasteiger partial charge in [-0.25, -0.2) is 9.97 Å². The van der Waals surface area contributed by atoms with Gasteiger partial charge in [-0.3, -0.25) is 14.4 Å². The van der Waals surface area contributed by atoms with Gasteiger partial charge in [0.25, 0.3) is 0 Å². The molecule has 35 heavy (non-hydrogen) atoms. The number of hydrogen-bond donors (Lipinski definition) is 1. The monoisotopic (exact) mass is 508 g/mol. The summed E-state index contributed by atoms with van der Waals surface area (Å²) in [6.07, 6.45) is 10.3. The second kappa shape index (κ2) is 8.76. The number of imidazole rings is 1. The smallest absolute Gasteiger partial charge is 0.211 e. The molecule has 1 aliphatic carbocycles. The molecule has 4 aromatic heterocycles. The predicted molar refractivity (Wildman–Crippen MR) is 139 cm³/mol. The molecule has 9 heteroatoms. The van der Waals surface area contributed by atoms with E-state index >= 15 is 0 Å². The zero-order valence-corrected chi connectivity index (χ0v) is 21.0. The maximum atomic E-state index is 8.32. The Morgan fingerprint density at radius 2 is 2.06 bits per heavy atom. The number of pyridine rings is 2. The molecule has 0 amide bonds. The van der Waals surface area contributed by atoms with Crippen molar-refractivity contribution in [2.75, 3.05) is 18.0 Å². The van der Waals surface area contributed by atoms with Crippen LogP contribution in [0.2, 0.25) is 5.02 Å². The summed E-state index contributed by atoms with van der Waals surface area (Å²) in [5.41, 5.74) is 10.3. The molecule has 5 heterocycles. The number of piperidine rings is 1. The van der Waals surface area contributed by atoms with Crippen molar-refractivity contribution < 1.29 is 4.11 Å². The lowest BCUT2D eigenvalue weighted by atomic mass is 9.73. The zero-order valence-electron chi connectivity index (χ0n) is 22.4. The average molecular weight is 509 g/mol. The fourth-order valence-electron chi connectivity index (χ4n) is 5.46. The SMILES string of the molecule is [2H]C([2H])([2H])c1nc(N2CCC3(CC2)Cc2ncccc2[C@H]3N)n2ccnc2c1Sc1ccnc(CC)c1Cl. The highest BCUT2D eigenvalue weighted by Crippen LogP contribution is 2.50. The zero-order chi connectivity index (χ0) is 26.7. The van der Waals surface area contributed by atoms with E-state index in [9.17, 15) is 0 Å². The summed E-state index contributed by atoms with van der Waals surface area (Å²) < 4.78 is 26.8. The van der Waals surface area contributed by atoms with Crippen LogP contribution in [0.4, 0.5) is 5.95 Å². The minimum absolute atomic E-state index is 0.0246. The molecule has 0 aromatic carbocycles. The predicted octanol–water partition coefficient (Wildman–Crippen LogP) is 5.04. The summed E-state index contributed by atoms with van der Waals surface area (Å²) in [4.78, 5) is 21.6. The van der Waals surface area contributed by atoms with E-state index < -0.39 is 6.85 Å². The molecule has 1 fully saturated rings. The molecule has 2 aliphatic rings. The second-order valence-corrected chi connectivity index (χ2v) is 10.7. The molecule has 1 aliphatic heterocycles. The normalized spacial score (nSPS) is 20.6. The van der Waals surface area contributed by atoms with Gasteiger partial charge in [-0.15, -0.1) is 0 Å². The average Bonchev–Trinajstić information content (AvgIpc) is 3.49. The van der Waals surface area contributed by atoms with Gasteiger partial charge in [0.2, 0.25) is 5.95 Å². The Bertz CT molecular complexity index is 1510. The van der Waals surface area contributed by atoms with Crippen LogP contribution in [0.25, 0.3) is 5.65 Å². The Kier molecular flexibility index (Phi) is 4.88. The van der Waals surface area contributed by atoms with Crippen molar-refractivity contribution in [2.45, 2.75) is 55.3 Å². The third-order valence-corrected chi connectivity index (χ3v) is 9.11. The Balaban J connectivity index is 1.36. The topological polar surface area (TPSA) is 85.2 Å². The molecule has 0 saturated carbocycles. The molecule has 6 rings (SSSR count). The maximum absolute atomic E-state index is 8.32. The lowest BCUT2D eigenvalue weighted by Crippen LogP contribution is -2.45. The van der Waals surface area contributed by atoms with Crippen LogP contribution in [0, 0.1) is 12.3 Å². The van der Waals surface area contributed by atoms with Gasteiger partial charge in [0.1, 0.15) is 0 Å². The fourth-order valence-corrected chi connectivity index (χ4v) is 6.76. The minimum atomic E-state index is -2.43. The van der Waals surface area contributed by atoms with E-state index in [1.54, 1.807) is 18.5 Å². The number of halogens is 1. The van der Waals surface area contributed by atoms with Gasteiger partial charge in [0.15, 0.2) is 5.65 Å². The van der Waals surface area contributed by atoms with Gasteiger partial charge in [0, 0.05) is 58.6 Å². The van der Waals surface area contributed by atoms with Crippen molar-refractivity contribution in [3.8, 4) is 0 Å². The van der Waals surface area contributed by atoms with E-state index in [1.165, 1.54) is 11.8 Å². The lowest BCUT2D eigenvalue weighted by Gasteiger charge is -2.42. The number of nitrogens with zero attached hydrogens (tertiary/aromatic N) is 6. The Labute approximate surface area is 218 Å². The van der Waals surface area contributed by atoms with Gasteiger partial charge in [-0.1, -0.05) is 36.4 Å². The van der Waals surface area contributed by atoms with Gasteiger partial charge in [-0.05, 0) is 55.6 Å². The Hall–Kier alpha value is -2.68. The first-order valence-electron chi connectivity index (χ1n) is 13.3. The molecule has 1 atom stereocenters. The number of aryl methyl sites for hydroxylation is 2. The van der Waals surface area contributed by atoms with Crippen LogP contribution >= 0.6 is 23.4 Å². The van der Waals surface area contributed by atoms with E-state index in [2.05, 4.69) is 25.9 Å². The summed E-state index contributed by atoms with van der Waals surface area (Å²) >= 11 is 7.89. The quantitative estimate of drug-likeness (QED) is 0.413. The number of fused-ring (bicyclic) bond motifs is 2. The molecule has 0 bridgehead atoms. The van der Waals surface area contributed by atoms with Crippen LogP contribution < -0.4 is 10.6 Å². The van der Waals surface area contributed by atoms with Gasteiger partial charge < -0.3 is 10.6 Å². The van der Waals surface area contributed by atoms with Crippen molar-refractivity contribution in [2.24, 2.45) is 11.1 Å². The number of hydrogen-bond acceptors (Lipinski definition) is 7. The largest absolute Gasteiger partial charge is 0.342 e. The summed E-state index contributed by atoms with van der Waals surface area (Å²) in [7, 11) is 0. The van der Waals surface area contributed by atoms with E-state index in [1.807, 2.05) is 29.8 Å².